The fourth-order valence-electron chi connectivity index (χ4n) is 3.43. The number of halogens is 4. The number of hydrogen-bond acceptors (Lipinski definition) is 5. The van der Waals surface area contributed by atoms with Crippen LogP contribution >= 0.6 is 0 Å². The van der Waals surface area contributed by atoms with Crippen LogP contribution in [0.5, 0.6) is 0 Å². The number of carbonyl (C=O) groups is 2. The van der Waals surface area contributed by atoms with Crippen LogP contribution in [0.2, 0.25) is 0 Å². The molecule has 0 aliphatic carbocycles. The summed E-state index contributed by atoms with van der Waals surface area (Å²) >= 11 is 0. The molecule has 1 aromatic heterocycles. The van der Waals surface area contributed by atoms with Crippen LogP contribution in [-0.2, 0) is 11.2 Å². The molecule has 0 radical (unpaired) electrons. The summed E-state index contributed by atoms with van der Waals surface area (Å²) in [7, 11) is 0. The predicted molar refractivity (Wildman–Crippen MR) is 86.5 cm³/mol. The van der Waals surface area contributed by atoms with E-state index in [2.05, 4.69) is 9.97 Å². The topological polar surface area (TPSA) is 69.6 Å². The molecule has 27 heavy (non-hydrogen) atoms. The third kappa shape index (κ3) is 3.96. The molecule has 2 aliphatic rings. The first-order chi connectivity index (χ1) is 12.7. The zero-order valence-electron chi connectivity index (χ0n) is 14.7. The summed E-state index contributed by atoms with van der Waals surface area (Å²) in [5.41, 5.74) is 0.310. The third-order valence-corrected chi connectivity index (χ3v) is 4.80. The van der Waals surface area contributed by atoms with Crippen LogP contribution in [-0.4, -0.2) is 70.1 Å². The summed E-state index contributed by atoms with van der Waals surface area (Å²) in [5.74, 6) is -1.15. The van der Waals surface area contributed by atoms with E-state index in [1.807, 2.05) is 0 Å². The van der Waals surface area contributed by atoms with Crippen LogP contribution in [0.3, 0.4) is 0 Å². The molecular formula is C16H19F4N5O2. The number of aromatic nitrogens is 2. The summed E-state index contributed by atoms with van der Waals surface area (Å²) in [5, 5.41) is 0. The monoisotopic (exact) mass is 389 g/mol. The number of piperidine rings is 1. The maximum atomic E-state index is 14.4. The molecule has 0 N–H and O–H groups in total. The number of imide groups is 1. The van der Waals surface area contributed by atoms with Crippen LogP contribution in [0, 0.1) is 5.82 Å². The lowest BCUT2D eigenvalue weighted by Crippen LogP contribution is -2.47. The van der Waals surface area contributed by atoms with Crippen molar-refractivity contribution in [3.8, 4) is 0 Å². The van der Waals surface area contributed by atoms with Gasteiger partial charge in [0.2, 0.25) is 0 Å². The number of alkyl halides is 3. The average molecular weight is 389 g/mol. The van der Waals surface area contributed by atoms with Crippen molar-refractivity contribution in [1.82, 2.24) is 19.8 Å². The van der Waals surface area contributed by atoms with Crippen LogP contribution in [0.25, 0.3) is 0 Å². The van der Waals surface area contributed by atoms with Gasteiger partial charge >= 0.3 is 12.2 Å². The first-order valence-electron chi connectivity index (χ1n) is 8.63. The number of aryl methyl sites for hydroxylation is 1. The highest BCUT2D eigenvalue weighted by atomic mass is 19.4. The molecule has 3 heterocycles. The molecule has 2 aliphatic heterocycles. The van der Waals surface area contributed by atoms with Gasteiger partial charge < -0.3 is 9.80 Å². The number of nitrogens with zero attached hydrogens (tertiary/aromatic N) is 5. The Bertz CT molecular complexity index is 734. The second-order valence-electron chi connectivity index (χ2n) is 6.54. The lowest BCUT2D eigenvalue weighted by molar-refractivity contribution is -0.151. The molecule has 0 bridgehead atoms. The highest BCUT2D eigenvalue weighted by Crippen LogP contribution is 2.28. The molecule has 0 aromatic carbocycles. The molecule has 1 aromatic rings. The molecule has 7 nitrogen and oxygen atoms in total. The van der Waals surface area contributed by atoms with Gasteiger partial charge in [0.1, 0.15) is 19.4 Å². The van der Waals surface area contributed by atoms with Crippen molar-refractivity contribution >= 4 is 17.8 Å². The molecule has 0 unspecified atom stereocenters. The maximum absolute atomic E-state index is 14.4. The summed E-state index contributed by atoms with van der Waals surface area (Å²) < 4.78 is 52.0. The third-order valence-electron chi connectivity index (χ3n) is 4.80. The Morgan fingerprint density at radius 2 is 1.85 bits per heavy atom. The smallest absolute Gasteiger partial charge is 0.354 e. The Morgan fingerprint density at radius 3 is 2.44 bits per heavy atom. The largest absolute Gasteiger partial charge is 0.406 e. The maximum Gasteiger partial charge on any atom is 0.406 e. The molecular weight excluding hydrogens is 370 g/mol. The zero-order valence-corrected chi connectivity index (χ0v) is 14.7. The minimum Gasteiger partial charge on any atom is -0.354 e. The quantitative estimate of drug-likeness (QED) is 0.582. The van der Waals surface area contributed by atoms with Gasteiger partial charge in [-0.1, -0.05) is 6.92 Å². The van der Waals surface area contributed by atoms with Gasteiger partial charge in [-0.2, -0.15) is 13.2 Å². The number of urea groups is 1. The van der Waals surface area contributed by atoms with E-state index in [-0.39, 0.29) is 23.3 Å². The standard InChI is InChI=1S/C16H19F4N5O2/c1-2-11-13(17)14(22-9-21-11)23-5-3-10(4-6-23)24-7-12(26)25(15(24)27)8-16(18,19)20/h9-10H,2-8H2,1H3. The van der Waals surface area contributed by atoms with Gasteiger partial charge in [-0.15, -0.1) is 0 Å². The fourth-order valence-corrected chi connectivity index (χ4v) is 3.43. The first-order valence-corrected chi connectivity index (χ1v) is 8.63. The normalized spacial score (nSPS) is 19.4. The van der Waals surface area contributed by atoms with Crippen LogP contribution < -0.4 is 4.90 Å². The van der Waals surface area contributed by atoms with E-state index >= 15 is 0 Å². The van der Waals surface area contributed by atoms with E-state index in [9.17, 15) is 27.2 Å². The molecule has 11 heteroatoms. The van der Waals surface area contributed by atoms with Crippen LogP contribution in [0.1, 0.15) is 25.5 Å². The van der Waals surface area contributed by atoms with Gasteiger partial charge in [0.25, 0.3) is 5.91 Å². The van der Waals surface area contributed by atoms with Crippen molar-refractivity contribution in [3.63, 3.8) is 0 Å². The Kier molecular flexibility index (Phi) is 5.20. The number of anilines is 1. The van der Waals surface area contributed by atoms with Gasteiger partial charge in [-0.3, -0.25) is 9.69 Å². The Morgan fingerprint density at radius 1 is 1.19 bits per heavy atom. The molecule has 2 fully saturated rings. The molecule has 0 spiro atoms. The minimum atomic E-state index is -4.63. The summed E-state index contributed by atoms with van der Waals surface area (Å²) in [4.78, 5) is 35.0. The van der Waals surface area contributed by atoms with Crippen molar-refractivity contribution in [2.24, 2.45) is 0 Å². The van der Waals surface area contributed by atoms with Gasteiger partial charge in [-0.25, -0.2) is 19.2 Å². The number of rotatable bonds is 4. The average Bonchev–Trinajstić information content (AvgIpc) is 2.89. The molecule has 3 rings (SSSR count). The van der Waals surface area contributed by atoms with Crippen molar-refractivity contribution in [2.45, 2.75) is 38.4 Å². The molecule has 148 valence electrons. The summed E-state index contributed by atoms with van der Waals surface area (Å²) in [6, 6.07) is -1.29. The fraction of sp³-hybridized carbons (Fsp3) is 0.625. The van der Waals surface area contributed by atoms with E-state index < -0.39 is 30.5 Å². The van der Waals surface area contributed by atoms with E-state index in [0.717, 1.165) is 0 Å². The van der Waals surface area contributed by atoms with E-state index in [1.165, 1.54) is 11.2 Å². The van der Waals surface area contributed by atoms with Crippen LogP contribution in [0.15, 0.2) is 6.33 Å². The zero-order chi connectivity index (χ0) is 19.8. The van der Waals surface area contributed by atoms with Crippen molar-refractivity contribution in [1.29, 1.82) is 0 Å². The summed E-state index contributed by atoms with van der Waals surface area (Å²) in [6.07, 6.45) is -2.10. The first kappa shape index (κ1) is 19.3. The SMILES string of the molecule is CCc1ncnc(N2CCC(N3CC(=O)N(CC(F)(F)F)C3=O)CC2)c1F. The van der Waals surface area contributed by atoms with Gasteiger partial charge in [-0.05, 0) is 19.3 Å². The second-order valence-corrected chi connectivity index (χ2v) is 6.54. The predicted octanol–water partition coefficient (Wildman–Crippen LogP) is 1.97. The van der Waals surface area contributed by atoms with Gasteiger partial charge in [0.15, 0.2) is 11.6 Å². The highest BCUT2D eigenvalue weighted by molar-refractivity contribution is 6.02. The lowest BCUT2D eigenvalue weighted by Gasteiger charge is -2.36. The number of hydrogen-bond donors (Lipinski definition) is 0. The lowest BCUT2D eigenvalue weighted by atomic mass is 10.0. The molecule has 0 atom stereocenters. The Balaban J connectivity index is 1.65. The van der Waals surface area contributed by atoms with Crippen molar-refractivity contribution in [2.75, 3.05) is 31.1 Å². The summed E-state index contributed by atoms with van der Waals surface area (Å²) in [6.45, 7) is 0.593. The van der Waals surface area contributed by atoms with E-state index in [0.29, 0.717) is 38.0 Å². The molecule has 3 amide bonds. The highest BCUT2D eigenvalue weighted by Gasteiger charge is 2.45. The van der Waals surface area contributed by atoms with E-state index in [1.54, 1.807) is 11.8 Å². The van der Waals surface area contributed by atoms with Crippen LogP contribution in [0.4, 0.5) is 28.2 Å². The van der Waals surface area contributed by atoms with Crippen molar-refractivity contribution < 1.29 is 27.2 Å². The molecule has 2 saturated heterocycles. The van der Waals surface area contributed by atoms with Gasteiger partial charge in [0, 0.05) is 19.1 Å². The van der Waals surface area contributed by atoms with Gasteiger partial charge in [0.05, 0.1) is 5.69 Å². The number of carbonyl (C=O) groups excluding carboxylic acids is 2. The molecule has 0 saturated carbocycles. The Labute approximate surface area is 153 Å². The minimum absolute atomic E-state index is 0.183. The van der Waals surface area contributed by atoms with E-state index in [4.69, 9.17) is 0 Å². The Hall–Kier alpha value is -2.46. The number of amides is 3. The second kappa shape index (κ2) is 7.28. The van der Waals surface area contributed by atoms with Crippen molar-refractivity contribution in [3.05, 3.63) is 17.8 Å².